The van der Waals surface area contributed by atoms with Crippen molar-refractivity contribution in [2.24, 2.45) is 0 Å². The lowest BCUT2D eigenvalue weighted by atomic mass is 9.76. The summed E-state index contributed by atoms with van der Waals surface area (Å²) in [5.74, 6) is -0.385. The average molecular weight is 464 g/mol. The van der Waals surface area contributed by atoms with E-state index in [1.54, 1.807) is 23.1 Å². The molecule has 0 unspecified atom stereocenters. The maximum atomic E-state index is 13.0. The average Bonchev–Trinajstić information content (AvgIpc) is 3.10. The number of halogens is 1. The fourth-order valence-corrected chi connectivity index (χ4v) is 4.54. The van der Waals surface area contributed by atoms with E-state index in [4.69, 9.17) is 21.1 Å². The molecule has 1 aromatic heterocycles. The summed E-state index contributed by atoms with van der Waals surface area (Å²) in [6.07, 6.45) is 1.19. The molecule has 0 bridgehead atoms. The summed E-state index contributed by atoms with van der Waals surface area (Å²) >= 11 is 6.99. The van der Waals surface area contributed by atoms with Crippen LogP contribution in [0.1, 0.15) is 24.8 Å². The summed E-state index contributed by atoms with van der Waals surface area (Å²) in [5, 5.41) is 5.96. The van der Waals surface area contributed by atoms with E-state index in [1.165, 1.54) is 0 Å². The molecule has 2 fully saturated rings. The quantitative estimate of drug-likeness (QED) is 0.704. The van der Waals surface area contributed by atoms with Gasteiger partial charge in [0.05, 0.1) is 10.9 Å². The number of carbonyl (C=O) groups excluding carboxylic acids is 3. The fraction of sp³-hybridized carbons (Fsp3) is 0.381. The Labute approximate surface area is 188 Å². The summed E-state index contributed by atoms with van der Waals surface area (Å²) in [6, 6.07) is 8.61. The summed E-state index contributed by atoms with van der Waals surface area (Å²) in [7, 11) is 0. The monoisotopic (exact) mass is 463 g/mol. The van der Waals surface area contributed by atoms with Crippen molar-refractivity contribution in [3.05, 3.63) is 40.2 Å². The summed E-state index contributed by atoms with van der Waals surface area (Å²) in [6.45, 7) is 2.94. The molecular formula is C21H22ClN3O5S. The molecular weight excluding hydrogens is 442 g/mol. The van der Waals surface area contributed by atoms with Gasteiger partial charge in [-0.3, -0.25) is 9.59 Å². The zero-order valence-electron chi connectivity index (χ0n) is 16.9. The number of anilines is 2. The molecule has 2 heterocycles. The normalized spacial score (nSPS) is 17.6. The first kappa shape index (κ1) is 21.6. The zero-order chi connectivity index (χ0) is 22.0. The number of amides is 3. The Kier molecular flexibility index (Phi) is 6.17. The minimum Gasteiger partial charge on any atom is -0.399 e. The van der Waals surface area contributed by atoms with Crippen molar-refractivity contribution >= 4 is 52.2 Å². The van der Waals surface area contributed by atoms with Gasteiger partial charge in [0.1, 0.15) is 12.1 Å². The number of nitrogens with one attached hydrogen (secondary N) is 2. The molecule has 1 aromatic carbocycles. The predicted octanol–water partition coefficient (Wildman–Crippen LogP) is 3.72. The van der Waals surface area contributed by atoms with Crippen molar-refractivity contribution in [3.8, 4) is 5.06 Å². The third kappa shape index (κ3) is 4.68. The van der Waals surface area contributed by atoms with E-state index in [0.717, 1.165) is 29.0 Å². The number of thiophene rings is 1. The van der Waals surface area contributed by atoms with Crippen LogP contribution in [0.3, 0.4) is 0 Å². The van der Waals surface area contributed by atoms with Gasteiger partial charge in [-0.05, 0) is 62.1 Å². The number of hydrogen-bond acceptors (Lipinski definition) is 6. The molecule has 8 nitrogen and oxygen atoms in total. The van der Waals surface area contributed by atoms with Gasteiger partial charge in [-0.25, -0.2) is 4.79 Å². The number of aryl methyl sites for hydroxylation is 1. The largest absolute Gasteiger partial charge is 0.414 e. The molecule has 2 N–H and O–H groups in total. The highest BCUT2D eigenvalue weighted by molar-refractivity contribution is 7.17. The Morgan fingerprint density at radius 2 is 2.06 bits per heavy atom. The first-order chi connectivity index (χ1) is 14.9. The van der Waals surface area contributed by atoms with E-state index in [0.29, 0.717) is 41.1 Å². The molecule has 10 heteroatoms. The highest BCUT2D eigenvalue weighted by Crippen LogP contribution is 2.35. The second kappa shape index (κ2) is 8.86. The number of nitrogens with zero attached hydrogens (tertiary/aromatic N) is 1. The summed E-state index contributed by atoms with van der Waals surface area (Å²) < 4.78 is 10.9. The van der Waals surface area contributed by atoms with Gasteiger partial charge >= 0.3 is 6.09 Å². The first-order valence-electron chi connectivity index (χ1n) is 9.92. The standard InChI is InChI=1S/C21H22ClN3O5S/c1-13-11-14(3-4-15(13)25-9-10-29-12-17(25)26)23-19(27)21(7-2-8-21)24-20(28)30-18-6-5-16(22)31-18/h3-6,11H,2,7-10,12H2,1H3,(H,23,27)(H,24,28). The fourth-order valence-electron chi connectivity index (χ4n) is 3.66. The minimum atomic E-state index is -1.01. The Hall–Kier alpha value is -2.62. The van der Waals surface area contributed by atoms with E-state index in [-0.39, 0.29) is 18.4 Å². The maximum absolute atomic E-state index is 13.0. The lowest BCUT2D eigenvalue weighted by molar-refractivity contribution is -0.126. The van der Waals surface area contributed by atoms with Crippen molar-refractivity contribution < 1.29 is 23.9 Å². The number of ether oxygens (including phenoxy) is 2. The summed E-state index contributed by atoms with van der Waals surface area (Å²) in [4.78, 5) is 39.1. The SMILES string of the molecule is Cc1cc(NC(=O)C2(NC(=O)Oc3ccc(Cl)s3)CCC2)ccc1N1CCOCC1=O. The van der Waals surface area contributed by atoms with Crippen LogP contribution in [-0.2, 0) is 14.3 Å². The molecule has 1 aliphatic carbocycles. The Morgan fingerprint density at radius 3 is 2.68 bits per heavy atom. The van der Waals surface area contributed by atoms with Crippen LogP contribution in [0.4, 0.5) is 16.2 Å². The third-order valence-corrected chi connectivity index (χ3v) is 6.57. The number of benzene rings is 1. The van der Waals surface area contributed by atoms with Crippen LogP contribution in [0.15, 0.2) is 30.3 Å². The molecule has 31 heavy (non-hydrogen) atoms. The third-order valence-electron chi connectivity index (χ3n) is 5.46. The second-order valence-electron chi connectivity index (χ2n) is 7.56. The van der Waals surface area contributed by atoms with E-state index in [1.807, 2.05) is 19.1 Å². The zero-order valence-corrected chi connectivity index (χ0v) is 18.5. The van der Waals surface area contributed by atoms with Crippen LogP contribution >= 0.6 is 22.9 Å². The van der Waals surface area contributed by atoms with Crippen LogP contribution in [0, 0.1) is 6.92 Å². The number of morpholine rings is 1. The molecule has 0 spiro atoms. The van der Waals surface area contributed by atoms with Crippen molar-refractivity contribution in [2.45, 2.75) is 31.7 Å². The summed E-state index contributed by atoms with van der Waals surface area (Å²) in [5.41, 5.74) is 1.24. The molecule has 164 valence electrons. The van der Waals surface area contributed by atoms with Crippen LogP contribution in [0.5, 0.6) is 5.06 Å². The minimum absolute atomic E-state index is 0.0693. The van der Waals surface area contributed by atoms with Crippen LogP contribution in [-0.4, -0.2) is 43.2 Å². The molecule has 2 aliphatic rings. The topological polar surface area (TPSA) is 97.0 Å². The first-order valence-corrected chi connectivity index (χ1v) is 11.1. The second-order valence-corrected chi connectivity index (χ2v) is 9.24. The smallest absolute Gasteiger partial charge is 0.399 e. The molecule has 1 saturated carbocycles. The van der Waals surface area contributed by atoms with Crippen molar-refractivity contribution in [2.75, 3.05) is 30.0 Å². The Bertz CT molecular complexity index is 1020. The van der Waals surface area contributed by atoms with Gasteiger partial charge in [0.15, 0.2) is 5.06 Å². The van der Waals surface area contributed by atoms with Gasteiger partial charge in [0.2, 0.25) is 5.91 Å². The molecule has 0 atom stereocenters. The van der Waals surface area contributed by atoms with E-state index in [9.17, 15) is 14.4 Å². The lowest BCUT2D eigenvalue weighted by Gasteiger charge is -2.40. The maximum Gasteiger partial charge on any atom is 0.414 e. The van der Waals surface area contributed by atoms with E-state index >= 15 is 0 Å². The molecule has 2 aromatic rings. The highest BCUT2D eigenvalue weighted by Gasteiger charge is 2.46. The van der Waals surface area contributed by atoms with Gasteiger partial charge in [0, 0.05) is 17.9 Å². The van der Waals surface area contributed by atoms with Gasteiger partial charge in [-0.2, -0.15) is 0 Å². The van der Waals surface area contributed by atoms with Crippen molar-refractivity contribution in [1.82, 2.24) is 5.32 Å². The number of carbonyl (C=O) groups is 3. The van der Waals surface area contributed by atoms with Crippen LogP contribution < -0.4 is 20.3 Å². The number of hydrogen-bond donors (Lipinski definition) is 2. The Morgan fingerprint density at radius 1 is 1.26 bits per heavy atom. The van der Waals surface area contributed by atoms with E-state index in [2.05, 4.69) is 10.6 Å². The molecule has 4 rings (SSSR count). The predicted molar refractivity (Wildman–Crippen MR) is 118 cm³/mol. The van der Waals surface area contributed by atoms with Gasteiger partial charge in [0.25, 0.3) is 5.91 Å². The van der Waals surface area contributed by atoms with E-state index < -0.39 is 11.6 Å². The van der Waals surface area contributed by atoms with Crippen molar-refractivity contribution in [1.29, 1.82) is 0 Å². The molecule has 1 aliphatic heterocycles. The van der Waals surface area contributed by atoms with Gasteiger partial charge in [-0.1, -0.05) is 22.9 Å². The van der Waals surface area contributed by atoms with Gasteiger partial charge in [-0.15, -0.1) is 0 Å². The Balaban J connectivity index is 1.42. The lowest BCUT2D eigenvalue weighted by Crippen LogP contribution is -2.61. The number of rotatable bonds is 5. The molecule has 3 amide bonds. The van der Waals surface area contributed by atoms with Crippen LogP contribution in [0.25, 0.3) is 0 Å². The molecule has 1 saturated heterocycles. The van der Waals surface area contributed by atoms with Crippen molar-refractivity contribution in [3.63, 3.8) is 0 Å². The van der Waals surface area contributed by atoms with Crippen LogP contribution in [0.2, 0.25) is 4.34 Å². The molecule has 0 radical (unpaired) electrons. The highest BCUT2D eigenvalue weighted by atomic mass is 35.5. The van der Waals surface area contributed by atoms with Gasteiger partial charge < -0.3 is 25.0 Å².